The van der Waals surface area contributed by atoms with E-state index < -0.39 is 21.7 Å². The molecule has 3 aromatic carbocycles. The average Bonchev–Trinajstić information content (AvgIpc) is 3.18. The van der Waals surface area contributed by atoms with Crippen LogP contribution in [0.4, 0.5) is 14.5 Å². The third-order valence-electron chi connectivity index (χ3n) is 4.21. The maximum absolute atomic E-state index is 14.0. The molecule has 8 heteroatoms. The van der Waals surface area contributed by atoms with Gasteiger partial charge in [0, 0.05) is 11.6 Å². The van der Waals surface area contributed by atoms with Crippen LogP contribution in [0.3, 0.4) is 0 Å². The zero-order valence-corrected chi connectivity index (χ0v) is 15.8. The Morgan fingerprint density at radius 3 is 2.17 bits per heavy atom. The highest BCUT2D eigenvalue weighted by Crippen LogP contribution is 2.29. The molecule has 0 bridgehead atoms. The summed E-state index contributed by atoms with van der Waals surface area (Å²) in [6.07, 6.45) is 1.36. The van der Waals surface area contributed by atoms with E-state index in [0.29, 0.717) is 17.3 Å². The standard InChI is InChI=1S/C21H15F2N3O2S/c22-16-11-12-19(18(23)13-16)25-29(27,28)20-14-26(17-9-5-2-6-10-17)24-21(20)15-7-3-1-4-8-15/h1-14,25H. The van der Waals surface area contributed by atoms with E-state index in [1.54, 1.807) is 54.6 Å². The summed E-state index contributed by atoms with van der Waals surface area (Å²) in [7, 11) is -4.21. The molecule has 0 aliphatic heterocycles. The van der Waals surface area contributed by atoms with Crippen molar-refractivity contribution in [3.05, 3.63) is 96.7 Å². The highest BCUT2D eigenvalue weighted by Gasteiger charge is 2.25. The monoisotopic (exact) mass is 411 g/mol. The molecule has 4 aromatic rings. The fourth-order valence-electron chi connectivity index (χ4n) is 2.84. The molecule has 4 rings (SSSR count). The quantitative estimate of drug-likeness (QED) is 0.521. The van der Waals surface area contributed by atoms with Gasteiger partial charge in [0.1, 0.15) is 22.2 Å². The molecule has 29 heavy (non-hydrogen) atoms. The van der Waals surface area contributed by atoms with Crippen LogP contribution in [0.15, 0.2) is 90.0 Å². The Morgan fingerprint density at radius 2 is 1.52 bits per heavy atom. The fraction of sp³-hybridized carbons (Fsp3) is 0. The number of anilines is 1. The number of aromatic nitrogens is 2. The zero-order valence-electron chi connectivity index (χ0n) is 15.0. The Morgan fingerprint density at radius 1 is 0.862 bits per heavy atom. The maximum Gasteiger partial charge on any atom is 0.265 e. The van der Waals surface area contributed by atoms with Crippen LogP contribution in [0.1, 0.15) is 0 Å². The van der Waals surface area contributed by atoms with E-state index >= 15 is 0 Å². The Bertz CT molecular complexity index is 1260. The highest BCUT2D eigenvalue weighted by atomic mass is 32.2. The van der Waals surface area contributed by atoms with Gasteiger partial charge < -0.3 is 0 Å². The van der Waals surface area contributed by atoms with Gasteiger partial charge in [-0.3, -0.25) is 4.72 Å². The van der Waals surface area contributed by atoms with Gasteiger partial charge in [-0.25, -0.2) is 21.9 Å². The number of benzene rings is 3. The third kappa shape index (κ3) is 3.88. The molecule has 5 nitrogen and oxygen atoms in total. The summed E-state index contributed by atoms with van der Waals surface area (Å²) in [6.45, 7) is 0. The van der Waals surface area contributed by atoms with Gasteiger partial charge >= 0.3 is 0 Å². The van der Waals surface area contributed by atoms with Crippen LogP contribution in [-0.4, -0.2) is 18.2 Å². The van der Waals surface area contributed by atoms with Crippen LogP contribution in [-0.2, 0) is 10.0 Å². The van der Waals surface area contributed by atoms with E-state index in [0.717, 1.165) is 12.1 Å². The van der Waals surface area contributed by atoms with E-state index in [9.17, 15) is 17.2 Å². The molecule has 0 amide bonds. The predicted octanol–water partition coefficient (Wildman–Crippen LogP) is 4.62. The molecule has 0 saturated carbocycles. The van der Waals surface area contributed by atoms with Crippen molar-refractivity contribution in [1.82, 2.24) is 9.78 Å². The van der Waals surface area contributed by atoms with Crippen molar-refractivity contribution in [2.45, 2.75) is 4.90 Å². The lowest BCUT2D eigenvalue weighted by Gasteiger charge is -2.09. The lowest BCUT2D eigenvalue weighted by atomic mass is 10.2. The molecule has 1 heterocycles. The summed E-state index contributed by atoms with van der Waals surface area (Å²) in [5.74, 6) is -1.81. The normalized spacial score (nSPS) is 11.4. The lowest BCUT2D eigenvalue weighted by Crippen LogP contribution is -2.14. The molecule has 0 aliphatic rings. The summed E-state index contributed by atoms with van der Waals surface area (Å²) in [4.78, 5) is -0.128. The van der Waals surface area contributed by atoms with Crippen molar-refractivity contribution in [2.24, 2.45) is 0 Å². The van der Waals surface area contributed by atoms with Gasteiger partial charge in [-0.2, -0.15) is 5.10 Å². The number of halogens is 2. The van der Waals surface area contributed by atoms with Crippen LogP contribution >= 0.6 is 0 Å². The van der Waals surface area contributed by atoms with Gasteiger partial charge in [0.2, 0.25) is 0 Å². The summed E-state index contributed by atoms with van der Waals surface area (Å²) < 4.78 is 56.9. The number of hydrogen-bond donors (Lipinski definition) is 1. The number of nitrogens with one attached hydrogen (secondary N) is 1. The molecular weight excluding hydrogens is 396 g/mol. The smallest absolute Gasteiger partial charge is 0.265 e. The van der Waals surface area contributed by atoms with Crippen LogP contribution in [0.25, 0.3) is 16.9 Å². The number of para-hydroxylation sites is 1. The van der Waals surface area contributed by atoms with E-state index in [4.69, 9.17) is 0 Å². The molecule has 0 aliphatic carbocycles. The fourth-order valence-corrected chi connectivity index (χ4v) is 4.05. The molecule has 0 unspecified atom stereocenters. The van der Waals surface area contributed by atoms with Crippen molar-refractivity contribution in [3.8, 4) is 16.9 Å². The molecule has 0 radical (unpaired) electrons. The van der Waals surface area contributed by atoms with E-state index in [1.807, 2.05) is 6.07 Å². The third-order valence-corrected chi connectivity index (χ3v) is 5.58. The maximum atomic E-state index is 14.0. The van der Waals surface area contributed by atoms with Gasteiger partial charge in [-0.1, -0.05) is 48.5 Å². The van der Waals surface area contributed by atoms with Crippen molar-refractivity contribution < 1.29 is 17.2 Å². The van der Waals surface area contributed by atoms with Gasteiger partial charge in [0.15, 0.2) is 0 Å². The average molecular weight is 411 g/mol. The van der Waals surface area contributed by atoms with Crippen LogP contribution in [0, 0.1) is 11.6 Å². The number of hydrogen-bond acceptors (Lipinski definition) is 3. The molecule has 0 spiro atoms. The molecular formula is C21H15F2N3O2S. The number of nitrogens with zero attached hydrogens (tertiary/aromatic N) is 2. The van der Waals surface area contributed by atoms with Gasteiger partial charge in [0.05, 0.1) is 17.6 Å². The second-order valence-corrected chi connectivity index (χ2v) is 7.87. The lowest BCUT2D eigenvalue weighted by molar-refractivity contribution is 0.583. The van der Waals surface area contributed by atoms with Crippen molar-refractivity contribution >= 4 is 15.7 Å². The number of rotatable bonds is 5. The van der Waals surface area contributed by atoms with Crippen LogP contribution in [0.2, 0.25) is 0 Å². The number of sulfonamides is 1. The highest BCUT2D eigenvalue weighted by molar-refractivity contribution is 7.92. The Labute approximate surface area is 166 Å². The Kier molecular flexibility index (Phi) is 4.85. The minimum atomic E-state index is -4.21. The Balaban J connectivity index is 1.83. The molecule has 0 saturated heterocycles. The van der Waals surface area contributed by atoms with Crippen molar-refractivity contribution in [1.29, 1.82) is 0 Å². The predicted molar refractivity (Wildman–Crippen MR) is 106 cm³/mol. The molecule has 0 atom stereocenters. The van der Waals surface area contributed by atoms with E-state index in [2.05, 4.69) is 9.82 Å². The van der Waals surface area contributed by atoms with E-state index in [1.165, 1.54) is 10.9 Å². The molecule has 1 N–H and O–H groups in total. The molecule has 146 valence electrons. The first kappa shape index (κ1) is 18.8. The first-order valence-electron chi connectivity index (χ1n) is 8.62. The van der Waals surface area contributed by atoms with Crippen molar-refractivity contribution in [3.63, 3.8) is 0 Å². The van der Waals surface area contributed by atoms with Gasteiger partial charge in [-0.05, 0) is 24.3 Å². The Hall–Kier alpha value is -3.52. The summed E-state index contributed by atoms with van der Waals surface area (Å²) in [5, 5.41) is 4.44. The van der Waals surface area contributed by atoms with Crippen LogP contribution in [0.5, 0.6) is 0 Å². The summed E-state index contributed by atoms with van der Waals surface area (Å²) in [6, 6.07) is 20.4. The largest absolute Gasteiger partial charge is 0.277 e. The van der Waals surface area contributed by atoms with Gasteiger partial charge in [-0.15, -0.1) is 0 Å². The summed E-state index contributed by atoms with van der Waals surface area (Å²) in [5.41, 5.74) is 1.11. The van der Waals surface area contributed by atoms with Crippen LogP contribution < -0.4 is 4.72 Å². The topological polar surface area (TPSA) is 64.0 Å². The minimum absolute atomic E-state index is 0.128. The van der Waals surface area contributed by atoms with Gasteiger partial charge in [0.25, 0.3) is 10.0 Å². The molecule has 0 fully saturated rings. The molecule has 1 aromatic heterocycles. The first-order valence-corrected chi connectivity index (χ1v) is 10.1. The second kappa shape index (κ2) is 7.48. The van der Waals surface area contributed by atoms with E-state index in [-0.39, 0.29) is 16.3 Å². The summed E-state index contributed by atoms with van der Waals surface area (Å²) >= 11 is 0. The second-order valence-electron chi connectivity index (χ2n) is 6.22. The first-order chi connectivity index (χ1) is 13.9. The van der Waals surface area contributed by atoms with Crippen molar-refractivity contribution in [2.75, 3.05) is 4.72 Å². The zero-order chi connectivity index (χ0) is 20.4. The SMILES string of the molecule is O=S(=O)(Nc1ccc(F)cc1F)c1cn(-c2ccccc2)nc1-c1ccccc1. The minimum Gasteiger partial charge on any atom is -0.277 e.